The molecule has 1 aromatic carbocycles. The quantitative estimate of drug-likeness (QED) is 0.900. The first-order chi connectivity index (χ1) is 11.0. The third kappa shape index (κ3) is 3.92. The van der Waals surface area contributed by atoms with E-state index in [0.717, 1.165) is 18.5 Å². The Morgan fingerprint density at radius 1 is 1.30 bits per heavy atom. The lowest BCUT2D eigenvalue weighted by molar-refractivity contribution is 0.0952. The Morgan fingerprint density at radius 3 is 2.74 bits per heavy atom. The van der Waals surface area contributed by atoms with E-state index in [2.05, 4.69) is 10.3 Å². The van der Waals surface area contributed by atoms with Crippen LogP contribution in [-0.2, 0) is 6.54 Å². The Labute approximate surface area is 143 Å². The summed E-state index contributed by atoms with van der Waals surface area (Å²) in [6, 6.07) is 6.27. The first kappa shape index (κ1) is 16.0. The van der Waals surface area contributed by atoms with Crippen LogP contribution in [0.15, 0.2) is 35.4 Å². The molecule has 0 radical (unpaired) electrons. The highest BCUT2D eigenvalue weighted by Gasteiger charge is 2.25. The molecule has 1 N–H and O–H groups in total. The van der Waals surface area contributed by atoms with Gasteiger partial charge in [0.1, 0.15) is 0 Å². The van der Waals surface area contributed by atoms with E-state index in [1.807, 2.05) is 0 Å². The molecule has 0 aliphatic heterocycles. The number of amides is 1. The second kappa shape index (κ2) is 6.72. The van der Waals surface area contributed by atoms with Gasteiger partial charge in [-0.05, 0) is 31.0 Å². The molecule has 1 amide bonds. The van der Waals surface area contributed by atoms with Crippen LogP contribution in [0.25, 0.3) is 0 Å². The van der Waals surface area contributed by atoms with Crippen molar-refractivity contribution < 1.29 is 4.79 Å². The zero-order valence-electron chi connectivity index (χ0n) is 12.3. The first-order valence-electron chi connectivity index (χ1n) is 7.34. The van der Waals surface area contributed by atoms with Crippen molar-refractivity contribution >= 4 is 29.1 Å². The molecule has 0 unspecified atom stereocenters. The molecule has 0 bridgehead atoms. The molecule has 120 valence electrons. The first-order valence-corrected chi connectivity index (χ1v) is 8.10. The van der Waals surface area contributed by atoms with Gasteiger partial charge in [0.25, 0.3) is 11.5 Å². The van der Waals surface area contributed by atoms with E-state index in [4.69, 9.17) is 23.2 Å². The minimum absolute atomic E-state index is 0.0966. The van der Waals surface area contributed by atoms with Crippen LogP contribution in [0.3, 0.4) is 0 Å². The topological polar surface area (TPSA) is 64.0 Å². The van der Waals surface area contributed by atoms with Crippen LogP contribution in [-0.4, -0.2) is 22.0 Å². The average molecular weight is 352 g/mol. The molecular weight excluding hydrogens is 337 g/mol. The number of aromatic nitrogens is 2. The van der Waals surface area contributed by atoms with Crippen LogP contribution >= 0.6 is 23.2 Å². The Kier molecular flexibility index (Phi) is 4.68. The second-order valence-corrected chi connectivity index (χ2v) is 6.34. The molecule has 0 spiro atoms. The summed E-state index contributed by atoms with van der Waals surface area (Å²) in [6.45, 7) is 0.663. The number of benzene rings is 1. The van der Waals surface area contributed by atoms with E-state index in [1.165, 1.54) is 17.0 Å². The summed E-state index contributed by atoms with van der Waals surface area (Å²) in [5.41, 5.74) is 1.12. The van der Waals surface area contributed by atoms with E-state index in [-0.39, 0.29) is 11.5 Å². The maximum Gasteiger partial charge on any atom is 0.253 e. The van der Waals surface area contributed by atoms with E-state index < -0.39 is 0 Å². The number of hydrogen-bond acceptors (Lipinski definition) is 3. The van der Waals surface area contributed by atoms with Gasteiger partial charge in [-0.25, -0.2) is 4.98 Å². The van der Waals surface area contributed by atoms with Crippen LogP contribution in [0.4, 0.5) is 0 Å². The predicted octanol–water partition coefficient (Wildman–Crippen LogP) is 2.86. The normalized spacial score (nSPS) is 13.8. The highest BCUT2D eigenvalue weighted by atomic mass is 35.5. The van der Waals surface area contributed by atoms with Crippen LogP contribution in [0.1, 0.15) is 34.8 Å². The minimum Gasteiger partial charge on any atom is -0.350 e. The smallest absolute Gasteiger partial charge is 0.253 e. The molecule has 23 heavy (non-hydrogen) atoms. The molecule has 1 aromatic heterocycles. The molecule has 2 aromatic rings. The van der Waals surface area contributed by atoms with Gasteiger partial charge in [-0.2, -0.15) is 0 Å². The van der Waals surface area contributed by atoms with Crippen molar-refractivity contribution in [3.63, 3.8) is 0 Å². The summed E-state index contributed by atoms with van der Waals surface area (Å²) < 4.78 is 1.48. The Morgan fingerprint density at radius 2 is 2.09 bits per heavy atom. The molecule has 3 rings (SSSR count). The fourth-order valence-corrected chi connectivity index (χ4v) is 2.76. The lowest BCUT2D eigenvalue weighted by Gasteiger charge is -2.09. The molecular formula is C16H15Cl2N3O2. The summed E-state index contributed by atoms with van der Waals surface area (Å²) in [5.74, 6) is 0.145. The molecule has 1 aliphatic carbocycles. The van der Waals surface area contributed by atoms with E-state index in [1.54, 1.807) is 18.2 Å². The largest absolute Gasteiger partial charge is 0.350 e. The maximum absolute atomic E-state index is 12.1. The van der Waals surface area contributed by atoms with Gasteiger partial charge in [0.2, 0.25) is 0 Å². The molecule has 1 heterocycles. The molecule has 0 saturated heterocycles. The van der Waals surface area contributed by atoms with Crippen molar-refractivity contribution in [1.82, 2.24) is 14.9 Å². The Bertz CT molecular complexity index is 800. The number of halogens is 2. The number of rotatable bonds is 5. The van der Waals surface area contributed by atoms with Crippen LogP contribution < -0.4 is 10.9 Å². The standard InChI is InChI=1S/C16H15Cl2N3O2/c17-11-3-4-12(13(18)7-11)16(23)19-5-6-21-9-20-14(8-15(21)22)10-1-2-10/h3-4,7-10H,1-2,5-6H2,(H,19,23). The number of nitrogens with one attached hydrogen (secondary N) is 1. The fourth-order valence-electron chi connectivity index (χ4n) is 2.27. The van der Waals surface area contributed by atoms with Crippen molar-refractivity contribution in [1.29, 1.82) is 0 Å². The van der Waals surface area contributed by atoms with E-state index in [9.17, 15) is 9.59 Å². The zero-order chi connectivity index (χ0) is 16.4. The average Bonchev–Trinajstić information content (AvgIpc) is 3.33. The summed E-state index contributed by atoms with van der Waals surface area (Å²) in [5, 5.41) is 3.50. The molecule has 7 heteroatoms. The van der Waals surface area contributed by atoms with Gasteiger partial charge in [-0.1, -0.05) is 23.2 Å². The van der Waals surface area contributed by atoms with Gasteiger partial charge >= 0.3 is 0 Å². The molecule has 0 atom stereocenters. The van der Waals surface area contributed by atoms with Gasteiger partial charge < -0.3 is 5.32 Å². The van der Waals surface area contributed by atoms with Gasteiger partial charge in [-0.3, -0.25) is 14.2 Å². The minimum atomic E-state index is -0.303. The van der Waals surface area contributed by atoms with Gasteiger partial charge in [0.15, 0.2) is 0 Å². The van der Waals surface area contributed by atoms with Crippen LogP contribution in [0.5, 0.6) is 0 Å². The number of carbonyl (C=O) groups excluding carboxylic acids is 1. The van der Waals surface area contributed by atoms with Crippen molar-refractivity contribution in [2.45, 2.75) is 25.3 Å². The van der Waals surface area contributed by atoms with Crippen LogP contribution in [0.2, 0.25) is 10.0 Å². The zero-order valence-corrected chi connectivity index (χ0v) is 13.8. The lowest BCUT2D eigenvalue weighted by atomic mass is 10.2. The number of nitrogens with zero attached hydrogens (tertiary/aromatic N) is 2. The maximum atomic E-state index is 12.1. The lowest BCUT2D eigenvalue weighted by Crippen LogP contribution is -2.31. The Balaban J connectivity index is 1.58. The van der Waals surface area contributed by atoms with Crippen molar-refractivity contribution in [2.24, 2.45) is 0 Å². The fraction of sp³-hybridized carbons (Fsp3) is 0.312. The number of carbonyl (C=O) groups is 1. The highest BCUT2D eigenvalue weighted by Crippen LogP contribution is 2.38. The SMILES string of the molecule is O=C(NCCn1cnc(C2CC2)cc1=O)c1ccc(Cl)cc1Cl. The molecule has 1 aliphatic rings. The number of hydrogen-bond donors (Lipinski definition) is 1. The third-order valence-corrected chi connectivity index (χ3v) is 4.26. The summed E-state index contributed by atoms with van der Waals surface area (Å²) >= 11 is 11.8. The van der Waals surface area contributed by atoms with Crippen LogP contribution in [0, 0.1) is 0 Å². The van der Waals surface area contributed by atoms with Crippen molar-refractivity contribution in [3.05, 3.63) is 62.2 Å². The highest BCUT2D eigenvalue weighted by molar-refractivity contribution is 6.36. The summed E-state index contributed by atoms with van der Waals surface area (Å²) in [7, 11) is 0. The molecule has 1 fully saturated rings. The summed E-state index contributed by atoms with van der Waals surface area (Å²) in [6.07, 6.45) is 3.75. The van der Waals surface area contributed by atoms with Gasteiger partial charge in [0, 0.05) is 30.1 Å². The molecule has 5 nitrogen and oxygen atoms in total. The monoisotopic (exact) mass is 351 g/mol. The second-order valence-electron chi connectivity index (χ2n) is 5.50. The van der Waals surface area contributed by atoms with Gasteiger partial charge in [0.05, 0.1) is 22.6 Å². The summed E-state index contributed by atoms with van der Waals surface area (Å²) in [4.78, 5) is 28.3. The van der Waals surface area contributed by atoms with Crippen molar-refractivity contribution in [3.8, 4) is 0 Å². The molecule has 1 saturated carbocycles. The Hall–Kier alpha value is -1.85. The van der Waals surface area contributed by atoms with Gasteiger partial charge in [-0.15, -0.1) is 0 Å². The van der Waals surface area contributed by atoms with Crippen molar-refractivity contribution in [2.75, 3.05) is 6.54 Å². The third-order valence-electron chi connectivity index (χ3n) is 3.71. The van der Waals surface area contributed by atoms with E-state index in [0.29, 0.717) is 34.6 Å². The predicted molar refractivity (Wildman–Crippen MR) is 89.3 cm³/mol. The van der Waals surface area contributed by atoms with E-state index >= 15 is 0 Å².